The average molecular weight is 251 g/mol. The van der Waals surface area contributed by atoms with Crippen molar-refractivity contribution in [2.24, 2.45) is 4.99 Å². The topological polar surface area (TPSA) is 54.2 Å². The lowest BCUT2D eigenvalue weighted by atomic mass is 10.3. The Hall–Kier alpha value is -1.52. The Bertz CT molecular complexity index is 356. The zero-order valence-corrected chi connectivity index (χ0v) is 11.7. The number of unbranched alkanes of at least 4 members (excludes halogenated alkanes) is 1. The number of aliphatic imine (C=N–C) groups is 1. The number of guanidine groups is 1. The maximum atomic E-state index is 4.50. The van der Waals surface area contributed by atoms with Gasteiger partial charge in [0.05, 0.1) is 12.7 Å². The summed E-state index contributed by atoms with van der Waals surface area (Å²) in [5, 5.41) is 10.8. The van der Waals surface area contributed by atoms with Crippen LogP contribution in [0.2, 0.25) is 0 Å². The predicted molar refractivity (Wildman–Crippen MR) is 75.9 cm³/mol. The highest BCUT2D eigenvalue weighted by Gasteiger charge is 1.97. The first-order valence-electron chi connectivity index (χ1n) is 6.77. The van der Waals surface area contributed by atoms with Crippen LogP contribution in [-0.4, -0.2) is 35.4 Å². The van der Waals surface area contributed by atoms with Crippen molar-refractivity contribution < 1.29 is 0 Å². The van der Waals surface area contributed by atoms with Crippen LogP contribution in [0.5, 0.6) is 0 Å². The number of hydrogen-bond acceptors (Lipinski definition) is 2. The van der Waals surface area contributed by atoms with Crippen LogP contribution in [0.4, 0.5) is 0 Å². The Kier molecular flexibility index (Phi) is 6.91. The molecule has 102 valence electrons. The van der Waals surface area contributed by atoms with E-state index in [1.807, 2.05) is 24.0 Å². The molecular weight excluding hydrogens is 226 g/mol. The molecule has 0 saturated heterocycles. The molecule has 1 heterocycles. The van der Waals surface area contributed by atoms with Crippen LogP contribution in [0.3, 0.4) is 0 Å². The minimum Gasteiger partial charge on any atom is -0.357 e. The fourth-order valence-electron chi connectivity index (χ4n) is 1.57. The molecule has 5 nitrogen and oxygen atoms in total. The van der Waals surface area contributed by atoms with E-state index in [1.54, 1.807) is 0 Å². The van der Waals surface area contributed by atoms with Gasteiger partial charge in [0, 0.05) is 25.8 Å². The fraction of sp³-hybridized carbons (Fsp3) is 0.692. The Morgan fingerprint density at radius 3 is 2.83 bits per heavy atom. The third kappa shape index (κ3) is 5.70. The first kappa shape index (κ1) is 14.5. The van der Waals surface area contributed by atoms with Gasteiger partial charge in [-0.3, -0.25) is 9.67 Å². The molecule has 0 fully saturated rings. The second kappa shape index (κ2) is 8.55. The Morgan fingerprint density at radius 2 is 2.22 bits per heavy atom. The van der Waals surface area contributed by atoms with E-state index >= 15 is 0 Å². The van der Waals surface area contributed by atoms with E-state index in [0.29, 0.717) is 0 Å². The van der Waals surface area contributed by atoms with E-state index in [-0.39, 0.29) is 0 Å². The average Bonchev–Trinajstić information content (AvgIpc) is 2.75. The zero-order chi connectivity index (χ0) is 13.2. The summed E-state index contributed by atoms with van der Waals surface area (Å²) in [6, 6.07) is 0. The van der Waals surface area contributed by atoms with Gasteiger partial charge in [-0.25, -0.2) is 0 Å². The molecule has 0 aliphatic rings. The lowest BCUT2D eigenvalue weighted by Gasteiger charge is -2.11. The van der Waals surface area contributed by atoms with Gasteiger partial charge < -0.3 is 10.6 Å². The number of nitrogens with zero attached hydrogens (tertiary/aromatic N) is 3. The van der Waals surface area contributed by atoms with Crippen molar-refractivity contribution in [3.63, 3.8) is 0 Å². The molecule has 0 radical (unpaired) electrons. The molecule has 0 amide bonds. The molecule has 18 heavy (non-hydrogen) atoms. The Labute approximate surface area is 110 Å². The molecule has 0 spiro atoms. The molecule has 0 aliphatic heterocycles. The minimum atomic E-state index is 0.832. The van der Waals surface area contributed by atoms with Crippen molar-refractivity contribution in [1.29, 1.82) is 0 Å². The van der Waals surface area contributed by atoms with Crippen LogP contribution >= 0.6 is 0 Å². The summed E-state index contributed by atoms with van der Waals surface area (Å²) in [6.07, 6.45) is 6.23. The molecule has 1 aromatic rings. The molecule has 5 heteroatoms. The van der Waals surface area contributed by atoms with Crippen molar-refractivity contribution in [2.45, 2.75) is 40.2 Å². The monoisotopic (exact) mass is 251 g/mol. The lowest BCUT2D eigenvalue weighted by Crippen LogP contribution is -2.39. The second-order valence-electron chi connectivity index (χ2n) is 4.32. The van der Waals surface area contributed by atoms with Gasteiger partial charge in [0.1, 0.15) is 0 Å². The van der Waals surface area contributed by atoms with Crippen LogP contribution in [-0.2, 0) is 6.54 Å². The van der Waals surface area contributed by atoms with Crippen LogP contribution in [0, 0.1) is 6.92 Å². The quantitative estimate of drug-likeness (QED) is 0.439. The smallest absolute Gasteiger partial charge is 0.191 e. The first-order chi connectivity index (χ1) is 8.76. The Morgan fingerprint density at radius 1 is 1.39 bits per heavy atom. The first-order valence-corrected chi connectivity index (χ1v) is 6.77. The summed E-state index contributed by atoms with van der Waals surface area (Å²) in [7, 11) is 0. The van der Waals surface area contributed by atoms with Gasteiger partial charge in [-0.2, -0.15) is 5.10 Å². The number of nitrogens with one attached hydrogen (secondary N) is 2. The molecule has 1 aromatic heterocycles. The van der Waals surface area contributed by atoms with E-state index in [4.69, 9.17) is 0 Å². The largest absolute Gasteiger partial charge is 0.357 e. The third-order valence-corrected chi connectivity index (χ3v) is 2.52. The van der Waals surface area contributed by atoms with E-state index in [1.165, 1.54) is 12.0 Å². The van der Waals surface area contributed by atoms with Gasteiger partial charge in [0.25, 0.3) is 0 Å². The standard InChI is InChI=1S/C13H25N5/c1-4-6-7-15-13(14-5-2)16-8-9-18-11-12(3)10-17-18/h10-11H,4-9H2,1-3H3,(H2,14,15,16). The number of aryl methyl sites for hydroxylation is 1. The van der Waals surface area contributed by atoms with Crippen molar-refractivity contribution in [2.75, 3.05) is 19.6 Å². The molecule has 0 saturated carbocycles. The van der Waals surface area contributed by atoms with Gasteiger partial charge in [-0.15, -0.1) is 0 Å². The van der Waals surface area contributed by atoms with Gasteiger partial charge in [0.2, 0.25) is 0 Å². The molecule has 0 aliphatic carbocycles. The molecule has 0 unspecified atom stereocenters. The summed E-state index contributed by atoms with van der Waals surface area (Å²) in [5.41, 5.74) is 1.19. The van der Waals surface area contributed by atoms with Crippen LogP contribution < -0.4 is 10.6 Å². The SMILES string of the molecule is CCCCN=C(NCC)NCCn1cc(C)cn1. The highest BCUT2D eigenvalue weighted by atomic mass is 15.3. The second-order valence-corrected chi connectivity index (χ2v) is 4.32. The molecule has 1 rings (SSSR count). The van der Waals surface area contributed by atoms with E-state index in [2.05, 4.69) is 34.6 Å². The highest BCUT2D eigenvalue weighted by molar-refractivity contribution is 5.79. The number of hydrogen-bond donors (Lipinski definition) is 2. The van der Waals surface area contributed by atoms with Crippen molar-refractivity contribution in [1.82, 2.24) is 20.4 Å². The molecule has 0 bridgehead atoms. The summed E-state index contributed by atoms with van der Waals surface area (Å²) >= 11 is 0. The normalized spacial score (nSPS) is 11.6. The van der Waals surface area contributed by atoms with Gasteiger partial charge >= 0.3 is 0 Å². The van der Waals surface area contributed by atoms with E-state index < -0.39 is 0 Å². The van der Waals surface area contributed by atoms with Crippen molar-refractivity contribution >= 4 is 5.96 Å². The predicted octanol–water partition coefficient (Wildman–Crippen LogP) is 1.55. The number of rotatable bonds is 7. The highest BCUT2D eigenvalue weighted by Crippen LogP contribution is 1.93. The molecule has 0 aromatic carbocycles. The van der Waals surface area contributed by atoms with E-state index in [0.717, 1.165) is 38.6 Å². The fourth-order valence-corrected chi connectivity index (χ4v) is 1.57. The van der Waals surface area contributed by atoms with Gasteiger partial charge in [-0.05, 0) is 25.8 Å². The Balaban J connectivity index is 2.30. The molecular formula is C13H25N5. The van der Waals surface area contributed by atoms with Crippen molar-refractivity contribution in [3.8, 4) is 0 Å². The summed E-state index contributed by atoms with van der Waals surface area (Å²) in [6.45, 7) is 9.76. The summed E-state index contributed by atoms with van der Waals surface area (Å²) < 4.78 is 1.94. The lowest BCUT2D eigenvalue weighted by molar-refractivity contribution is 0.597. The maximum Gasteiger partial charge on any atom is 0.191 e. The van der Waals surface area contributed by atoms with Gasteiger partial charge in [0.15, 0.2) is 5.96 Å². The third-order valence-electron chi connectivity index (χ3n) is 2.52. The van der Waals surface area contributed by atoms with Gasteiger partial charge in [-0.1, -0.05) is 13.3 Å². The summed E-state index contributed by atoms with van der Waals surface area (Å²) in [5.74, 6) is 0.898. The van der Waals surface area contributed by atoms with E-state index in [9.17, 15) is 0 Å². The minimum absolute atomic E-state index is 0.832. The molecule has 0 atom stereocenters. The maximum absolute atomic E-state index is 4.50. The van der Waals surface area contributed by atoms with Crippen LogP contribution in [0.1, 0.15) is 32.3 Å². The van der Waals surface area contributed by atoms with Crippen LogP contribution in [0.25, 0.3) is 0 Å². The number of aromatic nitrogens is 2. The summed E-state index contributed by atoms with van der Waals surface area (Å²) in [4.78, 5) is 4.50. The zero-order valence-electron chi connectivity index (χ0n) is 11.7. The molecule has 2 N–H and O–H groups in total. The van der Waals surface area contributed by atoms with Crippen LogP contribution in [0.15, 0.2) is 17.4 Å². The van der Waals surface area contributed by atoms with Crippen molar-refractivity contribution in [3.05, 3.63) is 18.0 Å².